The average molecular weight is 456 g/mol. The van der Waals surface area contributed by atoms with Gasteiger partial charge in [-0.3, -0.25) is 14.2 Å². The third-order valence-corrected chi connectivity index (χ3v) is 6.52. The Kier molecular flexibility index (Phi) is 6.49. The van der Waals surface area contributed by atoms with Gasteiger partial charge in [-0.05, 0) is 12.0 Å². The highest BCUT2D eigenvalue weighted by Gasteiger charge is 2.40. The molecule has 2 fully saturated rings. The van der Waals surface area contributed by atoms with Gasteiger partial charge in [-0.25, -0.2) is 9.18 Å². The number of carboxylic acids is 1. The molecule has 2 aliphatic heterocycles. The van der Waals surface area contributed by atoms with Gasteiger partial charge < -0.3 is 9.84 Å². The van der Waals surface area contributed by atoms with E-state index in [2.05, 4.69) is 6.19 Å². The van der Waals surface area contributed by atoms with Crippen molar-refractivity contribution >= 4 is 33.6 Å². The standard InChI is InChI=1S/C19H22FN3O7S/c20-16-10-14(22-11-15(30-19(22)26)5-8-31(27,28)29)1-2-17(16)23(12-21)6-3-13(4-7-23)9-18(24)25/h1-2,10,13,15H,3-9,11H2,(H-,24,25,27,28,29)/p+1/t13?,15-,23?/m1/s1. The van der Waals surface area contributed by atoms with Crippen LogP contribution in [0.25, 0.3) is 0 Å². The van der Waals surface area contributed by atoms with Gasteiger partial charge in [0.15, 0.2) is 11.5 Å². The lowest BCUT2D eigenvalue weighted by atomic mass is 9.91. The van der Waals surface area contributed by atoms with E-state index in [1.54, 1.807) is 0 Å². The fraction of sp³-hybridized carbons (Fsp3) is 0.526. The summed E-state index contributed by atoms with van der Waals surface area (Å²) in [5.74, 6) is -2.19. The van der Waals surface area contributed by atoms with Crippen molar-refractivity contribution in [3.05, 3.63) is 24.0 Å². The lowest BCUT2D eigenvalue weighted by Gasteiger charge is -2.36. The number of amides is 1. The first-order valence-electron chi connectivity index (χ1n) is 9.76. The van der Waals surface area contributed by atoms with Gasteiger partial charge in [-0.2, -0.15) is 12.9 Å². The number of nitriles is 1. The molecule has 2 heterocycles. The van der Waals surface area contributed by atoms with Crippen molar-refractivity contribution in [3.63, 3.8) is 0 Å². The molecule has 0 spiro atoms. The Balaban J connectivity index is 1.73. The third kappa shape index (κ3) is 5.30. The van der Waals surface area contributed by atoms with Crippen LogP contribution >= 0.6 is 0 Å². The highest BCUT2D eigenvalue weighted by Crippen LogP contribution is 2.36. The van der Waals surface area contributed by atoms with Gasteiger partial charge in [0.25, 0.3) is 10.1 Å². The van der Waals surface area contributed by atoms with E-state index in [0.29, 0.717) is 12.8 Å². The Hall–Kier alpha value is -2.75. The summed E-state index contributed by atoms with van der Waals surface area (Å²) in [5.41, 5.74) is 0.355. The van der Waals surface area contributed by atoms with E-state index in [1.165, 1.54) is 12.1 Å². The van der Waals surface area contributed by atoms with Gasteiger partial charge >= 0.3 is 18.3 Å². The zero-order chi connectivity index (χ0) is 22.8. The molecule has 31 heavy (non-hydrogen) atoms. The Morgan fingerprint density at radius 1 is 1.35 bits per heavy atom. The molecule has 0 saturated carbocycles. The minimum atomic E-state index is -4.19. The summed E-state index contributed by atoms with van der Waals surface area (Å²) in [6.07, 6.45) is 1.52. The van der Waals surface area contributed by atoms with Crippen LogP contribution in [0.2, 0.25) is 0 Å². The molecule has 1 aromatic carbocycles. The number of carbonyl (C=O) groups excluding carboxylic acids is 1. The summed E-state index contributed by atoms with van der Waals surface area (Å²) >= 11 is 0. The number of ether oxygens (including phenoxy) is 1. The summed E-state index contributed by atoms with van der Waals surface area (Å²) in [5, 5.41) is 18.7. The molecule has 1 aromatic rings. The van der Waals surface area contributed by atoms with Crippen LogP contribution in [0.15, 0.2) is 18.2 Å². The zero-order valence-electron chi connectivity index (χ0n) is 16.6. The van der Waals surface area contributed by atoms with E-state index in [1.807, 2.05) is 0 Å². The third-order valence-electron chi connectivity index (χ3n) is 5.77. The molecule has 12 heteroatoms. The van der Waals surface area contributed by atoms with Crippen LogP contribution in [0.3, 0.4) is 0 Å². The second-order valence-electron chi connectivity index (χ2n) is 7.88. The number of piperidine rings is 1. The first kappa shape index (κ1) is 22.9. The topological polar surface area (TPSA) is 145 Å². The van der Waals surface area contributed by atoms with E-state index in [0.717, 1.165) is 11.0 Å². The van der Waals surface area contributed by atoms with Crippen molar-refractivity contribution in [1.29, 1.82) is 5.26 Å². The van der Waals surface area contributed by atoms with Gasteiger partial charge in [0.05, 0.1) is 31.1 Å². The summed E-state index contributed by atoms with van der Waals surface area (Å²) in [7, 11) is -4.19. The summed E-state index contributed by atoms with van der Waals surface area (Å²) in [6.45, 7) is 0.574. The molecule has 0 radical (unpaired) electrons. The minimum absolute atomic E-state index is 0.00224. The van der Waals surface area contributed by atoms with Gasteiger partial charge in [0.2, 0.25) is 0 Å². The van der Waals surface area contributed by atoms with Gasteiger partial charge in [0, 0.05) is 37.8 Å². The predicted molar refractivity (Wildman–Crippen MR) is 107 cm³/mol. The van der Waals surface area contributed by atoms with Crippen LogP contribution in [-0.2, 0) is 19.6 Å². The number of carbonyl (C=O) groups is 2. The van der Waals surface area contributed by atoms with Crippen LogP contribution in [0.5, 0.6) is 0 Å². The number of rotatable bonds is 7. The molecular weight excluding hydrogens is 433 g/mol. The van der Waals surface area contributed by atoms with Crippen molar-refractivity contribution in [3.8, 4) is 6.19 Å². The lowest BCUT2D eigenvalue weighted by Crippen LogP contribution is -2.51. The number of benzene rings is 1. The quantitative estimate of drug-likeness (QED) is 0.360. The van der Waals surface area contributed by atoms with Gasteiger partial charge in [-0.15, -0.1) is 5.26 Å². The monoisotopic (exact) mass is 456 g/mol. The number of cyclic esters (lactones) is 1. The van der Waals surface area contributed by atoms with E-state index < -0.39 is 39.9 Å². The highest BCUT2D eigenvalue weighted by molar-refractivity contribution is 7.85. The van der Waals surface area contributed by atoms with Crippen molar-refractivity contribution < 1.29 is 36.8 Å². The van der Waals surface area contributed by atoms with Gasteiger partial charge in [-0.1, -0.05) is 0 Å². The molecule has 2 saturated heterocycles. The smallest absolute Gasteiger partial charge is 0.414 e. The van der Waals surface area contributed by atoms with E-state index in [4.69, 9.17) is 14.4 Å². The summed E-state index contributed by atoms with van der Waals surface area (Å²) in [6, 6.07) is 4.05. The van der Waals surface area contributed by atoms with Crippen LogP contribution in [0, 0.1) is 23.2 Å². The average Bonchev–Trinajstić information content (AvgIpc) is 3.07. The largest absolute Gasteiger partial charge is 0.481 e. The number of aliphatic carboxylic acids is 1. The number of hydrogen-bond acceptors (Lipinski definition) is 6. The molecule has 3 rings (SSSR count). The Morgan fingerprint density at radius 2 is 2.03 bits per heavy atom. The number of quaternary nitrogens is 1. The fourth-order valence-corrected chi connectivity index (χ4v) is 4.64. The van der Waals surface area contributed by atoms with Crippen LogP contribution in [-0.4, -0.2) is 61.6 Å². The number of halogens is 1. The minimum Gasteiger partial charge on any atom is -0.481 e. The molecule has 0 aromatic heterocycles. The van der Waals surface area contributed by atoms with Crippen LogP contribution in [0.4, 0.5) is 20.6 Å². The second kappa shape index (κ2) is 8.78. The van der Waals surface area contributed by atoms with Crippen molar-refractivity contribution in [2.24, 2.45) is 5.92 Å². The molecule has 0 bridgehead atoms. The van der Waals surface area contributed by atoms with E-state index in [9.17, 15) is 23.3 Å². The molecule has 2 aliphatic rings. The maximum atomic E-state index is 15.0. The fourth-order valence-electron chi connectivity index (χ4n) is 4.08. The van der Waals surface area contributed by atoms with Crippen molar-refractivity contribution in [1.82, 2.24) is 4.48 Å². The number of nitrogens with zero attached hydrogens (tertiary/aromatic N) is 3. The van der Waals surface area contributed by atoms with Crippen molar-refractivity contribution in [2.75, 3.05) is 30.3 Å². The number of anilines is 1. The number of likely N-dealkylation sites (tertiary alicyclic amines) is 1. The maximum absolute atomic E-state index is 15.0. The number of carboxylic acid groups (broad SMARTS) is 1. The first-order valence-corrected chi connectivity index (χ1v) is 11.4. The van der Waals surface area contributed by atoms with Gasteiger partial charge in [0.1, 0.15) is 6.10 Å². The van der Waals surface area contributed by atoms with Crippen LogP contribution in [0.1, 0.15) is 25.7 Å². The predicted octanol–water partition coefficient (Wildman–Crippen LogP) is 2.10. The lowest BCUT2D eigenvalue weighted by molar-refractivity contribution is -0.138. The van der Waals surface area contributed by atoms with Crippen molar-refractivity contribution in [2.45, 2.75) is 31.8 Å². The highest BCUT2D eigenvalue weighted by atomic mass is 32.2. The summed E-state index contributed by atoms with van der Waals surface area (Å²) < 4.78 is 50.4. The second-order valence-corrected chi connectivity index (χ2v) is 9.46. The molecule has 10 nitrogen and oxygen atoms in total. The molecule has 2 N–H and O–H groups in total. The summed E-state index contributed by atoms with van der Waals surface area (Å²) in [4.78, 5) is 24.2. The molecule has 1 atom stereocenters. The Morgan fingerprint density at radius 3 is 2.58 bits per heavy atom. The first-order chi connectivity index (χ1) is 14.5. The SMILES string of the molecule is N#C[N+]1(c2ccc(N3C[C@@H](CCS(=O)(=O)O)OC3=O)cc2F)CCC(CC(=O)O)CC1. The molecular formula is C19H23FN3O7S+. The maximum Gasteiger partial charge on any atom is 0.414 e. The van der Waals surface area contributed by atoms with E-state index in [-0.39, 0.29) is 54.3 Å². The molecule has 168 valence electrons. The molecule has 0 aliphatic carbocycles. The normalized spacial score (nSPS) is 26.4. The molecule has 0 unspecified atom stereocenters. The van der Waals surface area contributed by atoms with Crippen LogP contribution < -0.4 is 9.38 Å². The Labute approximate surface area is 178 Å². The Bertz CT molecular complexity index is 1020. The van der Waals surface area contributed by atoms with E-state index >= 15 is 4.39 Å². The molecule has 1 amide bonds. The number of hydrogen-bond donors (Lipinski definition) is 2. The zero-order valence-corrected chi connectivity index (χ0v) is 17.4.